The molecular formula is C20H24F2N2O4. The number of methoxy groups -OCH3 is 1. The van der Waals surface area contributed by atoms with Gasteiger partial charge in [0.05, 0.1) is 25.2 Å². The van der Waals surface area contributed by atoms with Gasteiger partial charge in [-0.2, -0.15) is 0 Å². The third-order valence-corrected chi connectivity index (χ3v) is 5.52. The van der Waals surface area contributed by atoms with Crippen molar-refractivity contribution in [1.82, 2.24) is 9.96 Å². The maximum Gasteiger partial charge on any atom is 0.311 e. The average Bonchev–Trinajstić information content (AvgIpc) is 2.92. The van der Waals surface area contributed by atoms with E-state index in [1.807, 2.05) is 4.90 Å². The SMILES string of the molecule is C=CCON1C(=O)C[C@@H](C(=O)OC)C12CCN(Cc1cc(F)cc(F)c1)CC2. The van der Waals surface area contributed by atoms with Crippen LogP contribution in [0.3, 0.4) is 0 Å². The lowest BCUT2D eigenvalue weighted by Crippen LogP contribution is -2.57. The fraction of sp³-hybridized carbons (Fsp3) is 0.500. The fourth-order valence-electron chi connectivity index (χ4n) is 4.22. The predicted molar refractivity (Wildman–Crippen MR) is 96.7 cm³/mol. The molecule has 1 amide bonds. The maximum absolute atomic E-state index is 13.4. The Morgan fingerprint density at radius 3 is 2.50 bits per heavy atom. The fourth-order valence-corrected chi connectivity index (χ4v) is 4.22. The number of hydrogen-bond donors (Lipinski definition) is 0. The number of hydroxylamine groups is 2. The number of carbonyl (C=O) groups is 2. The van der Waals surface area contributed by atoms with Gasteiger partial charge in [0.2, 0.25) is 5.91 Å². The van der Waals surface area contributed by atoms with Crippen molar-refractivity contribution in [2.45, 2.75) is 31.3 Å². The van der Waals surface area contributed by atoms with E-state index in [2.05, 4.69) is 6.58 Å². The minimum Gasteiger partial charge on any atom is -0.469 e. The van der Waals surface area contributed by atoms with Crippen molar-refractivity contribution in [3.8, 4) is 0 Å². The summed E-state index contributed by atoms with van der Waals surface area (Å²) in [6, 6.07) is 3.46. The van der Waals surface area contributed by atoms with Crippen LogP contribution in [0.25, 0.3) is 0 Å². The van der Waals surface area contributed by atoms with Crippen molar-refractivity contribution < 1.29 is 27.9 Å². The third-order valence-electron chi connectivity index (χ3n) is 5.52. The Morgan fingerprint density at radius 2 is 1.93 bits per heavy atom. The molecule has 0 N–H and O–H groups in total. The topological polar surface area (TPSA) is 59.1 Å². The number of ether oxygens (including phenoxy) is 1. The Morgan fingerprint density at radius 1 is 1.29 bits per heavy atom. The Balaban J connectivity index is 1.75. The van der Waals surface area contributed by atoms with E-state index in [0.29, 0.717) is 38.0 Å². The number of hydrogen-bond acceptors (Lipinski definition) is 5. The van der Waals surface area contributed by atoms with Crippen LogP contribution in [0.15, 0.2) is 30.9 Å². The summed E-state index contributed by atoms with van der Waals surface area (Å²) in [6.45, 7) is 5.24. The quantitative estimate of drug-likeness (QED) is 0.548. The van der Waals surface area contributed by atoms with Gasteiger partial charge in [-0.3, -0.25) is 19.3 Å². The Labute approximate surface area is 162 Å². The molecule has 2 fully saturated rings. The Bertz CT molecular complexity index is 742. The molecule has 152 valence electrons. The summed E-state index contributed by atoms with van der Waals surface area (Å²) in [7, 11) is 1.31. The first-order chi connectivity index (χ1) is 13.4. The van der Waals surface area contributed by atoms with Gasteiger partial charge in [0.15, 0.2) is 0 Å². The Hall–Kier alpha value is -2.32. The van der Waals surface area contributed by atoms with E-state index in [1.165, 1.54) is 24.3 Å². The molecule has 1 aromatic carbocycles. The van der Waals surface area contributed by atoms with Crippen LogP contribution in [0.4, 0.5) is 8.78 Å². The molecule has 1 spiro atoms. The van der Waals surface area contributed by atoms with Gasteiger partial charge in [0, 0.05) is 32.1 Å². The second kappa shape index (κ2) is 8.36. The maximum atomic E-state index is 13.4. The van der Waals surface area contributed by atoms with Crippen molar-refractivity contribution in [2.24, 2.45) is 5.92 Å². The number of nitrogens with zero attached hydrogens (tertiary/aromatic N) is 2. The van der Waals surface area contributed by atoms with Crippen molar-refractivity contribution in [3.05, 3.63) is 48.1 Å². The summed E-state index contributed by atoms with van der Waals surface area (Å²) in [5, 5.41) is 1.33. The molecule has 0 saturated carbocycles. The molecule has 0 aliphatic carbocycles. The van der Waals surface area contributed by atoms with E-state index < -0.39 is 29.1 Å². The van der Waals surface area contributed by atoms with E-state index in [1.54, 1.807) is 6.08 Å². The zero-order valence-electron chi connectivity index (χ0n) is 15.8. The van der Waals surface area contributed by atoms with E-state index >= 15 is 0 Å². The van der Waals surface area contributed by atoms with Gasteiger partial charge in [0.25, 0.3) is 0 Å². The van der Waals surface area contributed by atoms with E-state index in [0.717, 1.165) is 6.07 Å². The third kappa shape index (κ3) is 3.93. The highest BCUT2D eigenvalue weighted by atomic mass is 19.1. The van der Waals surface area contributed by atoms with Crippen LogP contribution in [-0.4, -0.2) is 54.2 Å². The van der Waals surface area contributed by atoms with Crippen LogP contribution in [0.1, 0.15) is 24.8 Å². The molecule has 0 unspecified atom stereocenters. The van der Waals surface area contributed by atoms with Crippen molar-refractivity contribution in [2.75, 3.05) is 26.8 Å². The lowest BCUT2D eigenvalue weighted by atomic mass is 9.77. The smallest absolute Gasteiger partial charge is 0.311 e. The summed E-state index contributed by atoms with van der Waals surface area (Å²) >= 11 is 0. The second-order valence-corrected chi connectivity index (χ2v) is 7.21. The molecule has 1 atom stereocenters. The zero-order chi connectivity index (χ0) is 20.3. The molecule has 3 rings (SSSR count). The molecule has 0 bridgehead atoms. The van der Waals surface area contributed by atoms with E-state index in [4.69, 9.17) is 9.57 Å². The van der Waals surface area contributed by atoms with Crippen molar-refractivity contribution in [3.63, 3.8) is 0 Å². The van der Waals surface area contributed by atoms with Crippen molar-refractivity contribution in [1.29, 1.82) is 0 Å². The monoisotopic (exact) mass is 394 g/mol. The molecular weight excluding hydrogens is 370 g/mol. The number of carbonyl (C=O) groups excluding carboxylic acids is 2. The Kier molecular flexibility index (Phi) is 6.10. The summed E-state index contributed by atoms with van der Waals surface area (Å²) in [5.41, 5.74) is -0.239. The number of likely N-dealkylation sites (tertiary alicyclic amines) is 1. The second-order valence-electron chi connectivity index (χ2n) is 7.21. The van der Waals surface area contributed by atoms with Gasteiger partial charge >= 0.3 is 5.97 Å². The highest BCUT2D eigenvalue weighted by Crippen LogP contribution is 2.44. The average molecular weight is 394 g/mol. The van der Waals surface area contributed by atoms with Crippen LogP contribution in [0.5, 0.6) is 0 Å². The minimum atomic E-state index is -0.781. The normalized spacial score (nSPS) is 21.9. The van der Waals surface area contributed by atoms with Gasteiger partial charge in [0.1, 0.15) is 11.6 Å². The van der Waals surface area contributed by atoms with Gasteiger partial charge in [-0.25, -0.2) is 13.8 Å². The predicted octanol–water partition coefficient (Wildman–Crippen LogP) is 2.44. The first-order valence-corrected chi connectivity index (χ1v) is 9.21. The van der Waals surface area contributed by atoms with E-state index in [-0.39, 0.29) is 18.9 Å². The molecule has 2 saturated heterocycles. The van der Waals surface area contributed by atoms with Crippen LogP contribution < -0.4 is 0 Å². The molecule has 0 radical (unpaired) electrons. The molecule has 28 heavy (non-hydrogen) atoms. The highest BCUT2D eigenvalue weighted by molar-refractivity contribution is 5.88. The van der Waals surface area contributed by atoms with Crippen molar-refractivity contribution >= 4 is 11.9 Å². The van der Waals surface area contributed by atoms with Crippen LogP contribution in [0, 0.1) is 17.6 Å². The molecule has 0 aromatic heterocycles. The summed E-state index contributed by atoms with van der Waals surface area (Å²) in [6.07, 6.45) is 2.57. The van der Waals surface area contributed by atoms with Crippen LogP contribution in [0.2, 0.25) is 0 Å². The first kappa shape index (κ1) is 20.4. The minimum absolute atomic E-state index is 0.0406. The lowest BCUT2D eigenvalue weighted by molar-refractivity contribution is -0.218. The van der Waals surface area contributed by atoms with Gasteiger partial charge in [-0.1, -0.05) is 6.08 Å². The largest absolute Gasteiger partial charge is 0.469 e. The number of benzene rings is 1. The number of esters is 1. The number of rotatable bonds is 6. The number of piperidine rings is 1. The lowest BCUT2D eigenvalue weighted by Gasteiger charge is -2.45. The van der Waals surface area contributed by atoms with Crippen LogP contribution in [-0.2, 0) is 25.7 Å². The van der Waals surface area contributed by atoms with Gasteiger partial charge in [-0.15, -0.1) is 6.58 Å². The molecule has 2 heterocycles. The number of amides is 1. The molecule has 6 nitrogen and oxygen atoms in total. The molecule has 1 aromatic rings. The number of halogens is 2. The first-order valence-electron chi connectivity index (χ1n) is 9.21. The molecule has 8 heteroatoms. The molecule has 2 aliphatic heterocycles. The standard InChI is InChI=1S/C20H24F2N2O4/c1-3-8-28-24-18(25)12-17(19(26)27-2)20(24)4-6-23(7-5-20)13-14-9-15(21)11-16(22)10-14/h3,9-11,17H,1,4-8,12-13H2,2H3/t17-/m0/s1. The summed E-state index contributed by atoms with van der Waals surface area (Å²) < 4.78 is 31.8. The summed E-state index contributed by atoms with van der Waals surface area (Å²) in [4.78, 5) is 32.5. The zero-order valence-corrected chi connectivity index (χ0v) is 15.8. The molecule has 2 aliphatic rings. The van der Waals surface area contributed by atoms with Gasteiger partial charge in [-0.05, 0) is 30.5 Å². The van der Waals surface area contributed by atoms with E-state index in [9.17, 15) is 18.4 Å². The highest BCUT2D eigenvalue weighted by Gasteiger charge is 2.58. The van der Waals surface area contributed by atoms with Crippen LogP contribution >= 0.6 is 0 Å². The summed E-state index contributed by atoms with van der Waals surface area (Å²) in [5.74, 6) is -2.51. The van der Waals surface area contributed by atoms with Gasteiger partial charge < -0.3 is 4.74 Å².